The molecule has 2 N–H and O–H groups in total. The smallest absolute Gasteiger partial charge is 0.243 e. The number of benzene rings is 2. The Labute approximate surface area is 190 Å². The summed E-state index contributed by atoms with van der Waals surface area (Å²) in [5.41, 5.74) is 8.66. The molecule has 32 heavy (non-hydrogen) atoms. The van der Waals surface area contributed by atoms with Crippen molar-refractivity contribution >= 4 is 17.2 Å². The van der Waals surface area contributed by atoms with Crippen LogP contribution in [-0.2, 0) is 29.0 Å². The van der Waals surface area contributed by atoms with Crippen LogP contribution >= 0.6 is 11.3 Å². The van der Waals surface area contributed by atoms with Gasteiger partial charge in [0.05, 0.1) is 12.3 Å². The van der Waals surface area contributed by atoms with Gasteiger partial charge in [0.15, 0.2) is 11.5 Å². The van der Waals surface area contributed by atoms with Crippen LogP contribution in [0.4, 0.5) is 4.39 Å². The first kappa shape index (κ1) is 22.2. The third kappa shape index (κ3) is 5.83. The van der Waals surface area contributed by atoms with E-state index < -0.39 is 5.91 Å². The van der Waals surface area contributed by atoms with Crippen LogP contribution in [-0.4, -0.2) is 24.3 Å². The van der Waals surface area contributed by atoms with Crippen LogP contribution in [0.2, 0.25) is 0 Å². The molecule has 0 fully saturated rings. The van der Waals surface area contributed by atoms with E-state index in [1.165, 1.54) is 6.07 Å². The molecule has 0 radical (unpaired) electrons. The van der Waals surface area contributed by atoms with E-state index in [1.807, 2.05) is 18.2 Å². The van der Waals surface area contributed by atoms with Gasteiger partial charge in [0.2, 0.25) is 12.7 Å². The van der Waals surface area contributed by atoms with Gasteiger partial charge in [-0.15, -0.1) is 11.3 Å². The molecule has 0 atom stereocenters. The fourth-order valence-corrected chi connectivity index (χ4v) is 4.41. The van der Waals surface area contributed by atoms with Crippen LogP contribution in [0.1, 0.15) is 36.1 Å². The van der Waals surface area contributed by atoms with E-state index in [2.05, 4.69) is 5.38 Å². The number of amides is 1. The number of carbonyl (C=O) groups is 1. The highest BCUT2D eigenvalue weighted by Crippen LogP contribution is 2.36. The molecule has 0 unspecified atom stereocenters. The lowest BCUT2D eigenvalue weighted by Gasteiger charge is -2.07. The molecule has 168 valence electrons. The second kappa shape index (κ2) is 10.6. The summed E-state index contributed by atoms with van der Waals surface area (Å²) >= 11 is 1.62. The molecule has 1 aliphatic rings. The summed E-state index contributed by atoms with van der Waals surface area (Å²) in [7, 11) is 0. The highest BCUT2D eigenvalue weighted by atomic mass is 32.1. The number of ether oxygens (including phenoxy) is 3. The number of thiazole rings is 1. The van der Waals surface area contributed by atoms with E-state index >= 15 is 0 Å². The number of carbonyl (C=O) groups excluding carboxylic acids is 1. The van der Waals surface area contributed by atoms with Gasteiger partial charge in [-0.2, -0.15) is 0 Å². The van der Waals surface area contributed by atoms with Crippen molar-refractivity contribution in [1.82, 2.24) is 4.98 Å². The van der Waals surface area contributed by atoms with Gasteiger partial charge >= 0.3 is 0 Å². The quantitative estimate of drug-likeness (QED) is 0.425. The number of nitrogens with zero attached hydrogens (tertiary/aromatic N) is 1. The standard InChI is InChI=1S/C24H25FN2O4S/c25-20-8-6-16(12-29-13-23(26)28)10-17(20)4-2-1-3-5-19-14-32-24(27-19)18-7-9-21-22(11-18)31-15-30-21/h6-11,14H,1-5,12-13,15H2,(H2,26,28). The van der Waals surface area contributed by atoms with E-state index in [0.717, 1.165) is 59.0 Å². The number of aryl methyl sites for hydroxylation is 2. The Bertz CT molecular complexity index is 1090. The third-order valence-electron chi connectivity index (χ3n) is 5.17. The zero-order valence-electron chi connectivity index (χ0n) is 17.6. The highest BCUT2D eigenvalue weighted by molar-refractivity contribution is 7.13. The normalized spacial score (nSPS) is 12.3. The predicted octanol–water partition coefficient (Wildman–Crippen LogP) is 4.64. The lowest BCUT2D eigenvalue weighted by atomic mass is 10.0. The Balaban J connectivity index is 1.22. The fraction of sp³-hybridized carbons (Fsp3) is 0.333. The number of primary amides is 1. The lowest BCUT2D eigenvalue weighted by Crippen LogP contribution is -2.17. The van der Waals surface area contributed by atoms with Gasteiger partial charge in [-0.1, -0.05) is 18.6 Å². The molecule has 2 heterocycles. The molecule has 3 aromatic rings. The Hall–Kier alpha value is -2.97. The minimum atomic E-state index is -0.518. The van der Waals surface area contributed by atoms with Crippen LogP contribution in [0.15, 0.2) is 41.8 Å². The van der Waals surface area contributed by atoms with Crippen LogP contribution in [0.3, 0.4) is 0 Å². The van der Waals surface area contributed by atoms with Crippen molar-refractivity contribution in [3.05, 3.63) is 64.4 Å². The third-order valence-corrected chi connectivity index (χ3v) is 6.11. The van der Waals surface area contributed by atoms with E-state index in [4.69, 9.17) is 24.9 Å². The largest absolute Gasteiger partial charge is 0.454 e. The molecule has 4 rings (SSSR count). The summed E-state index contributed by atoms with van der Waals surface area (Å²) in [5, 5.41) is 3.06. The molecule has 0 saturated carbocycles. The minimum Gasteiger partial charge on any atom is -0.454 e. The van der Waals surface area contributed by atoms with Gasteiger partial charge < -0.3 is 19.9 Å². The fourth-order valence-electron chi connectivity index (χ4n) is 3.56. The van der Waals surface area contributed by atoms with Crippen LogP contribution in [0.25, 0.3) is 10.6 Å². The van der Waals surface area contributed by atoms with Crippen molar-refractivity contribution in [2.45, 2.75) is 38.7 Å². The van der Waals surface area contributed by atoms with E-state index in [-0.39, 0.29) is 25.8 Å². The highest BCUT2D eigenvalue weighted by Gasteiger charge is 2.15. The zero-order valence-corrected chi connectivity index (χ0v) is 18.5. The second-order valence-electron chi connectivity index (χ2n) is 7.66. The maximum absolute atomic E-state index is 14.1. The van der Waals surface area contributed by atoms with Gasteiger partial charge in [-0.25, -0.2) is 9.37 Å². The number of nitrogens with two attached hydrogens (primary N) is 1. The van der Waals surface area contributed by atoms with Gasteiger partial charge in [-0.3, -0.25) is 4.79 Å². The van der Waals surface area contributed by atoms with Crippen LogP contribution < -0.4 is 15.2 Å². The summed E-state index contributed by atoms with van der Waals surface area (Å²) in [6.07, 6.45) is 4.42. The number of hydrogen-bond acceptors (Lipinski definition) is 6. The molecule has 0 spiro atoms. The maximum Gasteiger partial charge on any atom is 0.243 e. The molecule has 1 aromatic heterocycles. The summed E-state index contributed by atoms with van der Waals surface area (Å²) in [6.45, 7) is 0.366. The molecular formula is C24H25FN2O4S. The molecule has 0 bridgehead atoms. The summed E-state index contributed by atoms with van der Waals surface area (Å²) < 4.78 is 30.1. The van der Waals surface area contributed by atoms with Gasteiger partial charge in [0.1, 0.15) is 17.4 Å². The Morgan fingerprint density at radius 3 is 2.81 bits per heavy atom. The van der Waals surface area contributed by atoms with Gasteiger partial charge in [-0.05, 0) is 61.1 Å². The molecule has 0 aliphatic carbocycles. The van der Waals surface area contributed by atoms with Crippen molar-refractivity contribution in [3.63, 3.8) is 0 Å². The van der Waals surface area contributed by atoms with Crippen molar-refractivity contribution in [3.8, 4) is 22.1 Å². The van der Waals surface area contributed by atoms with Crippen LogP contribution in [0, 0.1) is 5.82 Å². The second-order valence-corrected chi connectivity index (χ2v) is 8.52. The Morgan fingerprint density at radius 2 is 1.94 bits per heavy atom. The van der Waals surface area contributed by atoms with Crippen molar-refractivity contribution in [2.75, 3.05) is 13.4 Å². The molecular weight excluding hydrogens is 431 g/mol. The number of unbranched alkanes of at least 4 members (excludes halogenated alkanes) is 2. The maximum atomic E-state index is 14.1. The number of fused-ring (bicyclic) bond motifs is 1. The van der Waals surface area contributed by atoms with E-state index in [9.17, 15) is 9.18 Å². The topological polar surface area (TPSA) is 83.7 Å². The minimum absolute atomic E-state index is 0.139. The number of halogens is 1. The molecule has 1 aliphatic heterocycles. The SMILES string of the molecule is NC(=O)COCc1ccc(F)c(CCCCCc2csc(-c3ccc4c(c3)OCO4)n2)c1. The van der Waals surface area contributed by atoms with Gasteiger partial charge in [0, 0.05) is 10.9 Å². The first-order valence-corrected chi connectivity index (χ1v) is 11.4. The Kier molecular flexibility index (Phi) is 7.34. The number of aromatic nitrogens is 1. The van der Waals surface area contributed by atoms with E-state index in [1.54, 1.807) is 23.5 Å². The monoisotopic (exact) mass is 456 g/mol. The summed E-state index contributed by atoms with van der Waals surface area (Å²) in [6, 6.07) is 10.8. The molecule has 2 aromatic carbocycles. The number of hydrogen-bond donors (Lipinski definition) is 1. The first-order chi connectivity index (χ1) is 15.6. The van der Waals surface area contributed by atoms with Gasteiger partial charge in [0.25, 0.3) is 0 Å². The molecule has 0 saturated heterocycles. The average molecular weight is 457 g/mol. The van der Waals surface area contributed by atoms with E-state index in [0.29, 0.717) is 12.0 Å². The molecule has 6 nitrogen and oxygen atoms in total. The summed E-state index contributed by atoms with van der Waals surface area (Å²) in [5.74, 6) is 0.799. The molecule has 1 amide bonds. The average Bonchev–Trinajstić information content (AvgIpc) is 3.44. The summed E-state index contributed by atoms with van der Waals surface area (Å²) in [4.78, 5) is 15.5. The van der Waals surface area contributed by atoms with Crippen molar-refractivity contribution < 1.29 is 23.4 Å². The number of rotatable bonds is 11. The Morgan fingerprint density at radius 1 is 1.09 bits per heavy atom. The van der Waals surface area contributed by atoms with Crippen LogP contribution in [0.5, 0.6) is 11.5 Å². The molecule has 8 heteroatoms. The first-order valence-electron chi connectivity index (χ1n) is 10.6. The predicted molar refractivity (Wildman–Crippen MR) is 120 cm³/mol. The lowest BCUT2D eigenvalue weighted by molar-refractivity contribution is -0.122. The van der Waals surface area contributed by atoms with Crippen molar-refractivity contribution in [1.29, 1.82) is 0 Å². The zero-order chi connectivity index (χ0) is 22.3. The van der Waals surface area contributed by atoms with Crippen molar-refractivity contribution in [2.24, 2.45) is 5.73 Å².